The predicted molar refractivity (Wildman–Crippen MR) is 75.5 cm³/mol. The van der Waals surface area contributed by atoms with Crippen molar-refractivity contribution >= 4 is 10.0 Å². The number of sulfonamides is 1. The highest BCUT2D eigenvalue weighted by atomic mass is 32.2. The fraction of sp³-hybridized carbons (Fsp3) is 0.571. The third-order valence-electron chi connectivity index (χ3n) is 3.49. The fourth-order valence-electron chi connectivity index (χ4n) is 2.41. The molecule has 1 saturated heterocycles. The van der Waals surface area contributed by atoms with Crippen LogP contribution in [-0.2, 0) is 21.2 Å². The highest BCUT2D eigenvalue weighted by Crippen LogP contribution is 2.23. The quantitative estimate of drug-likeness (QED) is 0.852. The van der Waals surface area contributed by atoms with Crippen LogP contribution in [0.4, 0.5) is 4.39 Å². The van der Waals surface area contributed by atoms with Crippen LogP contribution in [0, 0.1) is 5.82 Å². The molecule has 6 heteroatoms. The lowest BCUT2D eigenvalue weighted by molar-refractivity contribution is -0.00767. The Hall–Kier alpha value is -0.980. The molecule has 0 unspecified atom stereocenters. The van der Waals surface area contributed by atoms with Crippen LogP contribution in [0.15, 0.2) is 24.3 Å². The molecule has 1 aromatic rings. The van der Waals surface area contributed by atoms with Gasteiger partial charge in [-0.2, -0.15) is 4.31 Å². The van der Waals surface area contributed by atoms with Gasteiger partial charge in [0.05, 0.1) is 24.5 Å². The van der Waals surface area contributed by atoms with Gasteiger partial charge in [-0.3, -0.25) is 0 Å². The largest absolute Gasteiger partial charge is 0.378 e. The van der Waals surface area contributed by atoms with Gasteiger partial charge in [-0.25, -0.2) is 12.8 Å². The maximum absolute atomic E-state index is 13.5. The third-order valence-corrected chi connectivity index (χ3v) is 5.56. The average Bonchev–Trinajstić information content (AvgIpc) is 2.37. The summed E-state index contributed by atoms with van der Waals surface area (Å²) in [6, 6.07) is 6.28. The first-order valence-electron chi connectivity index (χ1n) is 6.65. The predicted octanol–water partition coefficient (Wildman–Crippen LogP) is 1.81. The summed E-state index contributed by atoms with van der Waals surface area (Å²) in [5, 5.41) is 0. The molecule has 0 aliphatic carbocycles. The summed E-state index contributed by atoms with van der Waals surface area (Å²) in [5.74, 6) is -0.443. The van der Waals surface area contributed by atoms with Gasteiger partial charge in [-0.15, -0.1) is 0 Å². The van der Waals surface area contributed by atoms with E-state index in [-0.39, 0.29) is 18.0 Å². The topological polar surface area (TPSA) is 46.6 Å². The summed E-state index contributed by atoms with van der Waals surface area (Å²) in [6.07, 6.45) is 0.183. The number of benzene rings is 1. The van der Waals surface area contributed by atoms with E-state index in [0.29, 0.717) is 25.3 Å². The molecule has 4 nitrogen and oxygen atoms in total. The standard InChI is InChI=1S/C14H20FNO3S/c1-14(2)11-19-9-8-16(14)20(17,18)10-7-12-5-3-4-6-13(12)15/h3-6H,7-11H2,1-2H3. The van der Waals surface area contributed by atoms with E-state index in [4.69, 9.17) is 4.74 Å². The first kappa shape index (κ1) is 15.4. The average molecular weight is 301 g/mol. The number of hydrogen-bond acceptors (Lipinski definition) is 3. The first-order chi connectivity index (χ1) is 9.33. The van der Waals surface area contributed by atoms with Crippen LogP contribution in [0.25, 0.3) is 0 Å². The second-order valence-corrected chi connectivity index (χ2v) is 7.61. The summed E-state index contributed by atoms with van der Waals surface area (Å²) in [7, 11) is -3.42. The summed E-state index contributed by atoms with van der Waals surface area (Å²) >= 11 is 0. The van der Waals surface area contributed by atoms with Crippen molar-refractivity contribution < 1.29 is 17.5 Å². The zero-order chi connectivity index (χ0) is 14.8. The van der Waals surface area contributed by atoms with E-state index in [1.807, 2.05) is 13.8 Å². The van der Waals surface area contributed by atoms with E-state index in [1.54, 1.807) is 18.2 Å². The minimum Gasteiger partial charge on any atom is -0.378 e. The lowest BCUT2D eigenvalue weighted by atomic mass is 10.1. The van der Waals surface area contributed by atoms with Crippen molar-refractivity contribution in [1.82, 2.24) is 4.31 Å². The molecular weight excluding hydrogens is 281 g/mol. The Kier molecular flexibility index (Phi) is 4.46. The number of hydrogen-bond donors (Lipinski definition) is 0. The number of halogens is 1. The molecule has 112 valence electrons. The van der Waals surface area contributed by atoms with Crippen LogP contribution in [0.1, 0.15) is 19.4 Å². The van der Waals surface area contributed by atoms with Gasteiger partial charge in [0.25, 0.3) is 0 Å². The van der Waals surface area contributed by atoms with Crippen LogP contribution in [-0.4, -0.2) is 43.8 Å². The molecule has 0 bridgehead atoms. The summed E-state index contributed by atoms with van der Waals surface area (Å²) in [6.45, 7) is 4.82. The Bertz CT molecular complexity index is 572. The van der Waals surface area contributed by atoms with Gasteiger partial charge in [-0.1, -0.05) is 18.2 Å². The molecule has 1 aromatic carbocycles. The normalized spacial score (nSPS) is 19.9. The lowest BCUT2D eigenvalue weighted by Gasteiger charge is -2.40. The molecule has 1 aliphatic heterocycles. The van der Waals surface area contributed by atoms with Gasteiger partial charge in [0.2, 0.25) is 10.0 Å². The van der Waals surface area contributed by atoms with Crippen molar-refractivity contribution in [3.8, 4) is 0 Å². The van der Waals surface area contributed by atoms with Crippen LogP contribution in [0.5, 0.6) is 0 Å². The molecule has 0 radical (unpaired) electrons. The van der Waals surface area contributed by atoms with Gasteiger partial charge >= 0.3 is 0 Å². The maximum Gasteiger partial charge on any atom is 0.215 e. The highest BCUT2D eigenvalue weighted by Gasteiger charge is 2.38. The molecule has 20 heavy (non-hydrogen) atoms. The SMILES string of the molecule is CC1(C)COCCN1S(=O)(=O)CCc1ccccc1F. The Morgan fingerprint density at radius 3 is 2.70 bits per heavy atom. The highest BCUT2D eigenvalue weighted by molar-refractivity contribution is 7.89. The van der Waals surface area contributed by atoms with Gasteiger partial charge < -0.3 is 4.74 Å². The second-order valence-electron chi connectivity index (χ2n) is 5.59. The molecule has 2 rings (SSSR count). The van der Waals surface area contributed by atoms with Crippen LogP contribution in [0.2, 0.25) is 0 Å². The molecule has 0 saturated carbocycles. The number of ether oxygens (including phenoxy) is 1. The molecule has 0 atom stereocenters. The Morgan fingerprint density at radius 1 is 1.35 bits per heavy atom. The number of nitrogens with zero attached hydrogens (tertiary/aromatic N) is 1. The maximum atomic E-state index is 13.5. The van der Waals surface area contributed by atoms with E-state index >= 15 is 0 Å². The van der Waals surface area contributed by atoms with E-state index in [9.17, 15) is 12.8 Å². The molecule has 1 heterocycles. The van der Waals surface area contributed by atoms with Gasteiger partial charge in [0.1, 0.15) is 5.82 Å². The summed E-state index contributed by atoms with van der Waals surface area (Å²) in [4.78, 5) is 0. The zero-order valence-corrected chi connectivity index (χ0v) is 12.6. The van der Waals surface area contributed by atoms with Crippen LogP contribution < -0.4 is 0 Å². The first-order valence-corrected chi connectivity index (χ1v) is 8.25. The van der Waals surface area contributed by atoms with Gasteiger partial charge in [0.15, 0.2) is 0 Å². The van der Waals surface area contributed by atoms with Gasteiger partial charge in [-0.05, 0) is 31.9 Å². The van der Waals surface area contributed by atoms with Crippen LogP contribution >= 0.6 is 0 Å². The minimum atomic E-state index is -3.42. The van der Waals surface area contributed by atoms with Crippen molar-refractivity contribution in [2.75, 3.05) is 25.5 Å². The lowest BCUT2D eigenvalue weighted by Crippen LogP contribution is -2.56. The third kappa shape index (κ3) is 3.37. The molecule has 1 fully saturated rings. The van der Waals surface area contributed by atoms with E-state index < -0.39 is 15.6 Å². The van der Waals surface area contributed by atoms with E-state index in [1.165, 1.54) is 10.4 Å². The van der Waals surface area contributed by atoms with E-state index in [2.05, 4.69) is 0 Å². The van der Waals surface area contributed by atoms with Crippen molar-refractivity contribution in [2.24, 2.45) is 0 Å². The van der Waals surface area contributed by atoms with Crippen molar-refractivity contribution in [1.29, 1.82) is 0 Å². The monoisotopic (exact) mass is 301 g/mol. The van der Waals surface area contributed by atoms with Crippen LogP contribution in [0.3, 0.4) is 0 Å². The second kappa shape index (κ2) is 5.79. The number of rotatable bonds is 4. The zero-order valence-electron chi connectivity index (χ0n) is 11.8. The van der Waals surface area contributed by atoms with Gasteiger partial charge in [0, 0.05) is 6.54 Å². The van der Waals surface area contributed by atoms with Crippen molar-refractivity contribution in [3.05, 3.63) is 35.6 Å². The molecule has 0 spiro atoms. The Labute approximate surface area is 119 Å². The molecule has 1 aliphatic rings. The Morgan fingerprint density at radius 2 is 2.05 bits per heavy atom. The fourth-order valence-corrected chi connectivity index (χ4v) is 4.27. The summed E-state index contributed by atoms with van der Waals surface area (Å²) in [5.41, 5.74) is -0.117. The van der Waals surface area contributed by atoms with Crippen molar-refractivity contribution in [2.45, 2.75) is 25.8 Å². The number of aryl methyl sites for hydroxylation is 1. The smallest absolute Gasteiger partial charge is 0.215 e. The van der Waals surface area contributed by atoms with E-state index in [0.717, 1.165) is 0 Å². The molecule has 0 amide bonds. The Balaban J connectivity index is 2.10. The molecular formula is C14H20FNO3S. The molecule has 0 aromatic heterocycles. The minimum absolute atomic E-state index is 0.0859. The number of morpholine rings is 1. The molecule has 0 N–H and O–H groups in total. The van der Waals surface area contributed by atoms with Crippen molar-refractivity contribution in [3.63, 3.8) is 0 Å². The summed E-state index contributed by atoms with van der Waals surface area (Å²) < 4.78 is 45.2.